The first-order chi connectivity index (χ1) is 9.70. The van der Waals surface area contributed by atoms with Gasteiger partial charge in [0.05, 0.1) is 5.69 Å². The van der Waals surface area contributed by atoms with Crippen LogP contribution in [0.3, 0.4) is 0 Å². The summed E-state index contributed by atoms with van der Waals surface area (Å²) in [5, 5.41) is 3.64. The molecule has 2 N–H and O–H groups in total. The van der Waals surface area contributed by atoms with Gasteiger partial charge in [-0.3, -0.25) is 0 Å². The van der Waals surface area contributed by atoms with Crippen molar-refractivity contribution >= 4 is 0 Å². The molecule has 4 heteroatoms. The molecule has 2 bridgehead atoms. The maximum atomic E-state index is 13.0. The van der Waals surface area contributed by atoms with E-state index in [-0.39, 0.29) is 5.82 Å². The lowest BCUT2D eigenvalue weighted by Crippen LogP contribution is -2.22. The molecule has 3 unspecified atom stereocenters. The second-order valence-corrected chi connectivity index (χ2v) is 5.99. The van der Waals surface area contributed by atoms with E-state index < -0.39 is 0 Å². The number of aryl methyl sites for hydroxylation is 1. The quantitative estimate of drug-likeness (QED) is 0.881. The summed E-state index contributed by atoms with van der Waals surface area (Å²) < 4.78 is 13.0. The number of nitrogens with zero attached hydrogens (tertiary/aromatic N) is 1. The molecule has 20 heavy (non-hydrogen) atoms. The van der Waals surface area contributed by atoms with Gasteiger partial charge in [-0.2, -0.15) is 0 Å². The van der Waals surface area contributed by atoms with Crippen molar-refractivity contribution in [3.63, 3.8) is 0 Å². The average molecular weight is 271 g/mol. The summed E-state index contributed by atoms with van der Waals surface area (Å²) in [6, 6.07) is 7.81. The molecule has 2 saturated heterocycles. The highest BCUT2D eigenvalue weighted by Crippen LogP contribution is 2.39. The van der Waals surface area contributed by atoms with Crippen LogP contribution in [0, 0.1) is 12.7 Å². The number of imidazole rings is 1. The minimum absolute atomic E-state index is 0.209. The predicted octanol–water partition coefficient (Wildman–Crippen LogP) is 3.13. The molecule has 4 rings (SSSR count). The number of fused-ring (bicyclic) bond motifs is 2. The van der Waals surface area contributed by atoms with Gasteiger partial charge in [0.2, 0.25) is 0 Å². The van der Waals surface area contributed by atoms with Crippen molar-refractivity contribution in [3.8, 4) is 11.3 Å². The molecule has 0 aliphatic carbocycles. The van der Waals surface area contributed by atoms with Gasteiger partial charge in [0.1, 0.15) is 11.6 Å². The molecule has 0 amide bonds. The van der Waals surface area contributed by atoms with E-state index in [9.17, 15) is 4.39 Å². The van der Waals surface area contributed by atoms with Gasteiger partial charge in [0.25, 0.3) is 0 Å². The minimum atomic E-state index is -0.209. The second kappa shape index (κ2) is 4.42. The Kier molecular flexibility index (Phi) is 2.67. The van der Waals surface area contributed by atoms with Crippen LogP contribution in [0.1, 0.15) is 36.7 Å². The van der Waals surface area contributed by atoms with Gasteiger partial charge in [0.15, 0.2) is 0 Å². The van der Waals surface area contributed by atoms with Crippen molar-refractivity contribution < 1.29 is 4.39 Å². The Morgan fingerprint density at radius 3 is 2.65 bits per heavy atom. The fourth-order valence-electron chi connectivity index (χ4n) is 3.67. The van der Waals surface area contributed by atoms with E-state index in [1.807, 2.05) is 6.92 Å². The number of benzene rings is 1. The van der Waals surface area contributed by atoms with Gasteiger partial charge in [-0.25, -0.2) is 9.37 Å². The van der Waals surface area contributed by atoms with Crippen molar-refractivity contribution in [2.24, 2.45) is 0 Å². The van der Waals surface area contributed by atoms with E-state index in [1.54, 1.807) is 12.1 Å². The van der Waals surface area contributed by atoms with Gasteiger partial charge >= 0.3 is 0 Å². The Bertz CT molecular complexity index is 632. The smallest absolute Gasteiger partial charge is 0.123 e. The number of aromatic nitrogens is 2. The van der Waals surface area contributed by atoms with Crippen LogP contribution in [0.25, 0.3) is 11.3 Å². The van der Waals surface area contributed by atoms with Crippen molar-refractivity contribution in [1.29, 1.82) is 0 Å². The molecule has 2 fully saturated rings. The molecule has 1 aromatic carbocycles. The first-order valence-electron chi connectivity index (χ1n) is 7.29. The van der Waals surface area contributed by atoms with E-state index in [1.165, 1.54) is 31.4 Å². The third-order valence-corrected chi connectivity index (χ3v) is 4.67. The number of nitrogens with one attached hydrogen (secondary N) is 2. The molecule has 0 radical (unpaired) electrons. The van der Waals surface area contributed by atoms with Crippen LogP contribution in [0.15, 0.2) is 24.3 Å². The van der Waals surface area contributed by atoms with Crippen LogP contribution in [0.4, 0.5) is 4.39 Å². The van der Waals surface area contributed by atoms with Crippen molar-refractivity contribution in [3.05, 3.63) is 41.6 Å². The molecule has 3 nitrogen and oxygen atoms in total. The molecule has 2 aliphatic heterocycles. The van der Waals surface area contributed by atoms with Crippen molar-refractivity contribution in [2.75, 3.05) is 0 Å². The van der Waals surface area contributed by atoms with Crippen LogP contribution in [0.5, 0.6) is 0 Å². The lowest BCUT2D eigenvalue weighted by atomic mass is 9.89. The minimum Gasteiger partial charge on any atom is -0.345 e. The van der Waals surface area contributed by atoms with E-state index in [0.29, 0.717) is 18.0 Å². The highest BCUT2D eigenvalue weighted by Gasteiger charge is 2.41. The summed E-state index contributed by atoms with van der Waals surface area (Å²) in [4.78, 5) is 8.23. The molecule has 3 heterocycles. The first kappa shape index (κ1) is 12.1. The zero-order chi connectivity index (χ0) is 13.7. The Labute approximate surface area is 117 Å². The van der Waals surface area contributed by atoms with Crippen LogP contribution in [-0.2, 0) is 0 Å². The maximum absolute atomic E-state index is 13.0. The molecular formula is C16H18FN3. The monoisotopic (exact) mass is 271 g/mol. The number of aromatic amines is 1. The van der Waals surface area contributed by atoms with Crippen LogP contribution >= 0.6 is 0 Å². The van der Waals surface area contributed by atoms with Gasteiger partial charge in [-0.05, 0) is 50.5 Å². The van der Waals surface area contributed by atoms with E-state index in [4.69, 9.17) is 4.98 Å². The number of hydrogen-bond acceptors (Lipinski definition) is 2. The van der Waals surface area contributed by atoms with Crippen molar-refractivity contribution in [2.45, 2.75) is 44.2 Å². The normalized spacial score (nSPS) is 28.2. The Balaban J connectivity index is 1.67. The third-order valence-electron chi connectivity index (χ3n) is 4.67. The summed E-state index contributed by atoms with van der Waals surface area (Å²) in [7, 11) is 0. The highest BCUT2D eigenvalue weighted by atomic mass is 19.1. The Hall–Kier alpha value is -1.68. The SMILES string of the molecule is Cc1[nH]c(C2CC3CCC2N3)nc1-c1ccc(F)cc1. The molecule has 3 atom stereocenters. The van der Waals surface area contributed by atoms with Crippen LogP contribution in [-0.4, -0.2) is 22.1 Å². The largest absolute Gasteiger partial charge is 0.345 e. The fraction of sp³-hybridized carbons (Fsp3) is 0.438. The number of halogens is 1. The van der Waals surface area contributed by atoms with Gasteiger partial charge in [-0.1, -0.05) is 0 Å². The highest BCUT2D eigenvalue weighted by molar-refractivity contribution is 5.61. The number of hydrogen-bond donors (Lipinski definition) is 2. The van der Waals surface area contributed by atoms with Crippen molar-refractivity contribution in [1.82, 2.24) is 15.3 Å². The molecule has 104 valence electrons. The molecule has 1 aromatic heterocycles. The number of rotatable bonds is 2. The predicted molar refractivity (Wildman–Crippen MR) is 76.0 cm³/mol. The summed E-state index contributed by atoms with van der Waals surface area (Å²) in [5.74, 6) is 1.38. The van der Waals surface area contributed by atoms with E-state index >= 15 is 0 Å². The van der Waals surface area contributed by atoms with Gasteiger partial charge in [-0.15, -0.1) is 0 Å². The van der Waals surface area contributed by atoms with Gasteiger partial charge in [0, 0.05) is 29.3 Å². The molecule has 2 aliphatic rings. The Morgan fingerprint density at radius 2 is 2.00 bits per heavy atom. The molecule has 2 aromatic rings. The molecular weight excluding hydrogens is 253 g/mol. The Morgan fingerprint density at radius 1 is 1.20 bits per heavy atom. The second-order valence-electron chi connectivity index (χ2n) is 5.99. The summed E-state index contributed by atoms with van der Waals surface area (Å²) in [6.45, 7) is 2.04. The van der Waals surface area contributed by atoms with Crippen LogP contribution in [0.2, 0.25) is 0 Å². The lowest BCUT2D eigenvalue weighted by Gasteiger charge is -2.17. The topological polar surface area (TPSA) is 40.7 Å². The summed E-state index contributed by atoms with van der Waals surface area (Å²) in [5.41, 5.74) is 2.99. The number of H-pyrrole nitrogens is 1. The molecule has 0 saturated carbocycles. The van der Waals surface area contributed by atoms with E-state index in [0.717, 1.165) is 22.8 Å². The zero-order valence-electron chi connectivity index (χ0n) is 11.5. The third kappa shape index (κ3) is 1.86. The fourth-order valence-corrected chi connectivity index (χ4v) is 3.67. The van der Waals surface area contributed by atoms with Gasteiger partial charge < -0.3 is 10.3 Å². The molecule has 0 spiro atoms. The maximum Gasteiger partial charge on any atom is 0.123 e. The zero-order valence-corrected chi connectivity index (χ0v) is 11.5. The van der Waals surface area contributed by atoms with E-state index in [2.05, 4.69) is 10.3 Å². The summed E-state index contributed by atoms with van der Waals surface area (Å²) >= 11 is 0. The van der Waals surface area contributed by atoms with Crippen LogP contribution < -0.4 is 5.32 Å². The lowest BCUT2D eigenvalue weighted by molar-refractivity contribution is 0.489. The standard InChI is InChI=1S/C16H18FN3/c1-9-15(10-2-4-11(17)5-3-10)20-16(18-9)13-8-12-6-7-14(13)19-12/h2-5,12-14,19H,6-8H2,1H3,(H,18,20). The average Bonchev–Trinajstić information content (AvgIpc) is 3.14. The summed E-state index contributed by atoms with van der Waals surface area (Å²) in [6.07, 6.45) is 3.73. The first-order valence-corrected chi connectivity index (χ1v) is 7.29.